The highest BCUT2D eigenvalue weighted by molar-refractivity contribution is 7.01. The Morgan fingerprint density at radius 1 is 0.273 bits per heavy atom. The molecule has 7 heteroatoms. The Labute approximate surface area is 450 Å². The summed E-state index contributed by atoms with van der Waals surface area (Å²) >= 11 is 0. The van der Waals surface area contributed by atoms with Gasteiger partial charge in [-0.25, -0.2) is 0 Å². The highest BCUT2D eigenvalue weighted by Crippen LogP contribution is 2.49. The lowest BCUT2D eigenvalue weighted by Gasteiger charge is -2.44. The van der Waals surface area contributed by atoms with Gasteiger partial charge in [0.2, 0.25) is 0 Å². The molecule has 0 saturated carbocycles. The van der Waals surface area contributed by atoms with Crippen molar-refractivity contribution < 1.29 is 0 Å². The van der Waals surface area contributed by atoms with Gasteiger partial charge >= 0.3 is 0 Å². The molecule has 0 spiro atoms. The summed E-state index contributed by atoms with van der Waals surface area (Å²) in [6, 6.07) is 95.3. The first-order valence-electron chi connectivity index (χ1n) is 27.0. The van der Waals surface area contributed by atoms with Crippen LogP contribution in [0.5, 0.6) is 0 Å². The summed E-state index contributed by atoms with van der Waals surface area (Å²) in [5, 5.41) is 2.47. The molecule has 5 nitrogen and oxygen atoms in total. The summed E-state index contributed by atoms with van der Waals surface area (Å²) in [6.45, 7) is 6.84. The molecule has 0 bridgehead atoms. The van der Waals surface area contributed by atoms with E-state index in [1.807, 2.05) is 0 Å². The molecule has 0 saturated heterocycles. The third-order valence-electron chi connectivity index (χ3n) is 16.9. The number of benzene rings is 11. The highest BCUT2D eigenvalue weighted by atomic mass is 15.2. The lowest BCUT2D eigenvalue weighted by molar-refractivity contribution is 0.590. The molecule has 0 unspecified atom stereocenters. The summed E-state index contributed by atoms with van der Waals surface area (Å²) in [5.41, 5.74) is 26.7. The Morgan fingerprint density at radius 3 is 0.961 bits per heavy atom. The van der Waals surface area contributed by atoms with Crippen LogP contribution < -0.4 is 52.4 Å². The van der Waals surface area contributed by atoms with Crippen LogP contribution in [0.2, 0.25) is 0 Å². The average Bonchev–Trinajstić information content (AvgIpc) is 3.97. The first-order chi connectivity index (χ1) is 37.9. The normalized spacial score (nSPS) is 13.8. The van der Waals surface area contributed by atoms with E-state index in [0.717, 1.165) is 28.4 Å². The van der Waals surface area contributed by atoms with Gasteiger partial charge in [-0.15, -0.1) is 0 Å². The van der Waals surface area contributed by atoms with E-state index in [1.165, 1.54) is 106 Å². The zero-order valence-corrected chi connectivity index (χ0v) is 43.1. The molecule has 16 rings (SSSR count). The molecular weight excluding hydrogens is 932 g/mol. The topological polar surface area (TPSA) is 17.9 Å². The van der Waals surface area contributed by atoms with Gasteiger partial charge in [0.1, 0.15) is 0 Å². The molecule has 0 fully saturated rings. The van der Waals surface area contributed by atoms with E-state index >= 15 is 0 Å². The van der Waals surface area contributed by atoms with Crippen molar-refractivity contribution in [3.05, 3.63) is 260 Å². The second kappa shape index (κ2) is 16.5. The first kappa shape index (κ1) is 43.9. The van der Waals surface area contributed by atoms with Crippen LogP contribution in [-0.4, -0.2) is 18.0 Å². The minimum absolute atomic E-state index is 0.00111. The van der Waals surface area contributed by atoms with Crippen LogP contribution in [0.3, 0.4) is 0 Å². The molecule has 4 aliphatic rings. The minimum Gasteiger partial charge on any atom is -0.311 e. The number of aromatic nitrogens is 1. The number of fused-ring (bicyclic) bond motifs is 11. The Morgan fingerprint density at radius 2 is 0.597 bits per heavy atom. The molecular formula is C70H51B2N5. The quantitative estimate of drug-likeness (QED) is 0.160. The van der Waals surface area contributed by atoms with E-state index in [4.69, 9.17) is 0 Å². The van der Waals surface area contributed by atoms with Gasteiger partial charge in [0.25, 0.3) is 13.4 Å². The predicted octanol–water partition coefficient (Wildman–Crippen LogP) is 14.2. The first-order valence-corrected chi connectivity index (χ1v) is 27.0. The van der Waals surface area contributed by atoms with E-state index in [0.29, 0.717) is 0 Å². The fourth-order valence-electron chi connectivity index (χ4n) is 13.6. The molecule has 77 heavy (non-hydrogen) atoms. The van der Waals surface area contributed by atoms with Crippen molar-refractivity contribution in [3.63, 3.8) is 0 Å². The van der Waals surface area contributed by atoms with Crippen molar-refractivity contribution in [2.75, 3.05) is 19.6 Å². The van der Waals surface area contributed by atoms with Gasteiger partial charge in [-0.05, 0) is 153 Å². The van der Waals surface area contributed by atoms with Gasteiger partial charge < -0.3 is 24.2 Å². The molecule has 12 aromatic rings. The van der Waals surface area contributed by atoms with Crippen molar-refractivity contribution in [2.24, 2.45) is 0 Å². The molecule has 0 aliphatic carbocycles. The van der Waals surface area contributed by atoms with Gasteiger partial charge in [-0.1, -0.05) is 166 Å². The molecule has 1 aromatic heterocycles. The summed E-state index contributed by atoms with van der Waals surface area (Å²) < 4.78 is 2.56. The summed E-state index contributed by atoms with van der Waals surface area (Å²) in [5.74, 6) is 0. The molecule has 362 valence electrons. The van der Waals surface area contributed by atoms with Gasteiger partial charge in [-0.2, -0.15) is 0 Å². The number of para-hydroxylation sites is 6. The maximum absolute atomic E-state index is 2.58. The Balaban J connectivity index is 1.03. The molecule has 0 amide bonds. The smallest absolute Gasteiger partial charge is 0.252 e. The van der Waals surface area contributed by atoms with Gasteiger partial charge in [0, 0.05) is 84.7 Å². The Hall–Kier alpha value is -9.45. The van der Waals surface area contributed by atoms with Gasteiger partial charge in [0.15, 0.2) is 0 Å². The lowest BCUT2D eigenvalue weighted by atomic mass is 9.33. The van der Waals surface area contributed by atoms with Crippen LogP contribution in [-0.2, 0) is 5.41 Å². The van der Waals surface area contributed by atoms with Crippen molar-refractivity contribution in [1.29, 1.82) is 0 Å². The number of nitrogens with zero attached hydrogens (tertiary/aromatic N) is 5. The summed E-state index contributed by atoms with van der Waals surface area (Å²) in [6.07, 6.45) is 0. The Bertz CT molecular complexity index is 4090. The van der Waals surface area contributed by atoms with Gasteiger partial charge in [-0.3, -0.25) is 0 Å². The monoisotopic (exact) mass is 983 g/mol. The summed E-state index contributed by atoms with van der Waals surface area (Å²) in [7, 11) is 0. The maximum atomic E-state index is 2.58. The predicted molar refractivity (Wildman–Crippen MR) is 328 cm³/mol. The number of rotatable bonds is 5. The second-order valence-electron chi connectivity index (χ2n) is 22.1. The highest BCUT2D eigenvalue weighted by Gasteiger charge is 2.46. The summed E-state index contributed by atoms with van der Waals surface area (Å²) in [4.78, 5) is 10.0. The fraction of sp³-hybridized carbons (Fsp3) is 0.0571. The third kappa shape index (κ3) is 6.38. The SMILES string of the molecule is CC(C)(C)c1ccc(-n2c3cc4c(cc3c3cc5c(cc32)N(c2ccccc2)c2cccc3c2B5c2ccccc2N3c2ccccc2)B2c3ccccc3N(c3ccccc3)c3cccc(c32)N4c2ccccc2)cc1. The van der Waals surface area contributed by atoms with Crippen LogP contribution in [0, 0.1) is 0 Å². The van der Waals surface area contributed by atoms with Crippen molar-refractivity contribution in [1.82, 2.24) is 4.57 Å². The van der Waals surface area contributed by atoms with Gasteiger partial charge in [0.05, 0.1) is 11.0 Å². The van der Waals surface area contributed by atoms with Crippen LogP contribution in [0.25, 0.3) is 27.5 Å². The molecule has 0 radical (unpaired) electrons. The molecule has 0 atom stereocenters. The minimum atomic E-state index is -0.0315. The standard InChI is InChI=1S/C70H51B2N5/c1-70(2,3)46-38-40-51(41-39-46)77-64-44-66-56(71-54-30-16-18-32-58(54)73(47-22-8-4-9-23-47)60-34-20-36-62(68(60)71)75(66)49-26-12-6-13-27-49)42-52(64)53-43-57-67(45-65(53)77)76(50-28-14-7-15-29-50)63-37-21-35-61-69(63)72(57)55-31-17-19-33-59(55)74(61)48-24-10-5-11-25-48/h4-45H,1-3H3. The lowest BCUT2D eigenvalue weighted by Crippen LogP contribution is -2.61. The zero-order chi connectivity index (χ0) is 51.1. The average molecular weight is 984 g/mol. The van der Waals surface area contributed by atoms with E-state index in [-0.39, 0.29) is 18.8 Å². The number of anilines is 12. The van der Waals surface area contributed by atoms with Crippen molar-refractivity contribution >= 4 is 136 Å². The van der Waals surface area contributed by atoms with Crippen molar-refractivity contribution in [2.45, 2.75) is 26.2 Å². The van der Waals surface area contributed by atoms with Crippen LogP contribution in [0.15, 0.2) is 255 Å². The maximum Gasteiger partial charge on any atom is 0.252 e. The van der Waals surface area contributed by atoms with Crippen LogP contribution in [0.4, 0.5) is 68.2 Å². The second-order valence-corrected chi connectivity index (χ2v) is 22.1. The van der Waals surface area contributed by atoms with E-state index in [1.54, 1.807) is 0 Å². The van der Waals surface area contributed by atoms with Crippen molar-refractivity contribution in [3.8, 4) is 5.69 Å². The number of hydrogen-bond acceptors (Lipinski definition) is 4. The Kier molecular flexibility index (Phi) is 9.42. The zero-order valence-electron chi connectivity index (χ0n) is 43.1. The van der Waals surface area contributed by atoms with Crippen LogP contribution >= 0.6 is 0 Å². The van der Waals surface area contributed by atoms with Crippen LogP contribution in [0.1, 0.15) is 26.3 Å². The third-order valence-corrected chi connectivity index (χ3v) is 16.9. The van der Waals surface area contributed by atoms with E-state index in [9.17, 15) is 0 Å². The molecule has 11 aromatic carbocycles. The van der Waals surface area contributed by atoms with E-state index in [2.05, 4.69) is 300 Å². The fourth-order valence-corrected chi connectivity index (χ4v) is 13.6. The molecule has 5 heterocycles. The molecule has 4 aliphatic heterocycles. The molecule has 0 N–H and O–H groups in total. The number of hydrogen-bond donors (Lipinski definition) is 0. The largest absolute Gasteiger partial charge is 0.311 e. The van der Waals surface area contributed by atoms with E-state index < -0.39 is 0 Å².